The number of hydrogen-bond acceptors (Lipinski definition) is 1. The lowest BCUT2D eigenvalue weighted by Crippen LogP contribution is -2.29. The molecule has 2 aromatic carbocycles. The molecule has 0 saturated heterocycles. The number of halogens is 5. The van der Waals surface area contributed by atoms with Gasteiger partial charge in [-0.25, -0.2) is 22.0 Å². The predicted octanol–water partition coefficient (Wildman–Crippen LogP) is 4.20. The van der Waals surface area contributed by atoms with Crippen LogP contribution in [0, 0.1) is 29.1 Å². The van der Waals surface area contributed by atoms with Crippen LogP contribution >= 0.6 is 0 Å². The van der Waals surface area contributed by atoms with E-state index >= 15 is 0 Å². The fourth-order valence-electron chi connectivity index (χ4n) is 2.47. The summed E-state index contributed by atoms with van der Waals surface area (Å²) in [6.07, 6.45) is 0.418. The van der Waals surface area contributed by atoms with Crippen LogP contribution in [0.3, 0.4) is 0 Å². The molecule has 118 valence electrons. The molecule has 0 saturated carbocycles. The van der Waals surface area contributed by atoms with Crippen LogP contribution in [0.5, 0.6) is 0 Å². The monoisotopic (exact) mass is 316 g/mol. The van der Waals surface area contributed by atoms with Gasteiger partial charge in [0.15, 0.2) is 23.3 Å². The topological polar surface area (TPSA) is 20.2 Å². The first-order chi connectivity index (χ1) is 10.2. The van der Waals surface area contributed by atoms with Crippen molar-refractivity contribution in [2.24, 2.45) is 0 Å². The van der Waals surface area contributed by atoms with E-state index in [-0.39, 0.29) is 5.56 Å². The van der Waals surface area contributed by atoms with Gasteiger partial charge in [0, 0.05) is 0 Å². The number of hydrogen-bond donors (Lipinski definition) is 1. The molecule has 0 aromatic heterocycles. The Bertz CT molecular complexity index is 696. The zero-order valence-electron chi connectivity index (χ0n) is 11.9. The van der Waals surface area contributed by atoms with Crippen LogP contribution in [-0.2, 0) is 12.0 Å². The van der Waals surface area contributed by atoms with Crippen molar-refractivity contribution in [3.05, 3.63) is 70.0 Å². The summed E-state index contributed by atoms with van der Waals surface area (Å²) >= 11 is 0. The maximum atomic E-state index is 13.9. The van der Waals surface area contributed by atoms with Gasteiger partial charge >= 0.3 is 0 Å². The standard InChI is InChI=1S/C16H13F5O/c1-3-8-6-4-5-7-9(8)16(2,22)10-11(17)13(19)15(21)14(20)12(10)18/h4-7,22H,3H2,1-2H3. The predicted molar refractivity (Wildman–Crippen MR) is 70.7 cm³/mol. The Hall–Kier alpha value is -1.95. The Kier molecular flexibility index (Phi) is 4.24. The van der Waals surface area contributed by atoms with E-state index in [2.05, 4.69) is 0 Å². The first kappa shape index (κ1) is 16.4. The third-order valence-electron chi connectivity index (χ3n) is 3.62. The smallest absolute Gasteiger partial charge is 0.200 e. The molecular weight excluding hydrogens is 303 g/mol. The lowest BCUT2D eigenvalue weighted by atomic mass is 9.83. The molecule has 1 unspecified atom stereocenters. The fourth-order valence-corrected chi connectivity index (χ4v) is 2.47. The Labute approximate surface area is 124 Å². The second-order valence-corrected chi connectivity index (χ2v) is 5.03. The molecule has 0 aliphatic carbocycles. The van der Waals surface area contributed by atoms with E-state index in [1.165, 1.54) is 12.1 Å². The van der Waals surface area contributed by atoms with E-state index in [1.807, 2.05) is 0 Å². The van der Waals surface area contributed by atoms with E-state index in [1.54, 1.807) is 19.1 Å². The zero-order chi connectivity index (χ0) is 16.7. The van der Waals surface area contributed by atoms with Gasteiger partial charge in [0.25, 0.3) is 0 Å². The van der Waals surface area contributed by atoms with Gasteiger partial charge in [0.2, 0.25) is 5.82 Å². The van der Waals surface area contributed by atoms with E-state index in [9.17, 15) is 27.1 Å². The first-order valence-corrected chi connectivity index (χ1v) is 6.56. The van der Waals surface area contributed by atoms with Crippen molar-refractivity contribution in [1.82, 2.24) is 0 Å². The van der Waals surface area contributed by atoms with Crippen molar-refractivity contribution in [3.63, 3.8) is 0 Å². The first-order valence-electron chi connectivity index (χ1n) is 6.56. The normalized spacial score (nSPS) is 14.0. The quantitative estimate of drug-likeness (QED) is 0.511. The van der Waals surface area contributed by atoms with Crippen LogP contribution in [0.1, 0.15) is 30.5 Å². The molecule has 1 nitrogen and oxygen atoms in total. The van der Waals surface area contributed by atoms with Crippen LogP contribution in [0.4, 0.5) is 22.0 Å². The molecule has 1 N–H and O–H groups in total. The Morgan fingerprint density at radius 2 is 1.32 bits per heavy atom. The second kappa shape index (κ2) is 5.68. The lowest BCUT2D eigenvalue weighted by molar-refractivity contribution is 0.0895. The summed E-state index contributed by atoms with van der Waals surface area (Å²) in [4.78, 5) is 0. The van der Waals surface area contributed by atoms with Gasteiger partial charge in [-0.1, -0.05) is 31.2 Å². The van der Waals surface area contributed by atoms with E-state index in [4.69, 9.17) is 0 Å². The molecule has 0 aliphatic rings. The van der Waals surface area contributed by atoms with Crippen molar-refractivity contribution in [2.75, 3.05) is 0 Å². The summed E-state index contributed by atoms with van der Waals surface area (Å²) < 4.78 is 67.7. The van der Waals surface area contributed by atoms with E-state index in [0.29, 0.717) is 12.0 Å². The molecule has 6 heteroatoms. The van der Waals surface area contributed by atoms with Crippen LogP contribution in [-0.4, -0.2) is 5.11 Å². The molecule has 22 heavy (non-hydrogen) atoms. The van der Waals surface area contributed by atoms with Crippen molar-refractivity contribution in [1.29, 1.82) is 0 Å². The summed E-state index contributed by atoms with van der Waals surface area (Å²) in [6.45, 7) is 2.74. The minimum absolute atomic E-state index is 0.0840. The molecule has 0 fully saturated rings. The van der Waals surface area contributed by atoms with E-state index < -0.39 is 40.3 Å². The van der Waals surface area contributed by atoms with Gasteiger partial charge < -0.3 is 5.11 Å². The third-order valence-corrected chi connectivity index (χ3v) is 3.62. The Morgan fingerprint density at radius 3 is 1.82 bits per heavy atom. The van der Waals surface area contributed by atoms with Gasteiger partial charge in [-0.15, -0.1) is 0 Å². The van der Waals surface area contributed by atoms with Gasteiger partial charge in [0.1, 0.15) is 5.60 Å². The van der Waals surface area contributed by atoms with Crippen molar-refractivity contribution >= 4 is 0 Å². The number of benzene rings is 2. The molecule has 0 aliphatic heterocycles. The minimum Gasteiger partial charge on any atom is -0.380 e. The number of aryl methyl sites for hydroxylation is 1. The largest absolute Gasteiger partial charge is 0.380 e. The highest BCUT2D eigenvalue weighted by Crippen LogP contribution is 2.37. The van der Waals surface area contributed by atoms with Crippen molar-refractivity contribution in [3.8, 4) is 0 Å². The molecule has 0 amide bonds. The number of rotatable bonds is 3. The van der Waals surface area contributed by atoms with Gasteiger partial charge in [0.05, 0.1) is 5.56 Å². The summed E-state index contributed by atoms with van der Waals surface area (Å²) in [7, 11) is 0. The maximum Gasteiger partial charge on any atom is 0.200 e. The summed E-state index contributed by atoms with van der Waals surface area (Å²) in [5.74, 6) is -10.5. The van der Waals surface area contributed by atoms with Crippen molar-refractivity contribution in [2.45, 2.75) is 25.9 Å². The molecule has 0 heterocycles. The summed E-state index contributed by atoms with van der Waals surface area (Å²) in [6, 6.07) is 6.15. The highest BCUT2D eigenvalue weighted by molar-refractivity contribution is 5.42. The average molecular weight is 316 g/mol. The highest BCUT2D eigenvalue weighted by Gasteiger charge is 2.38. The lowest BCUT2D eigenvalue weighted by Gasteiger charge is -2.28. The molecule has 2 aromatic rings. The minimum atomic E-state index is -2.36. The second-order valence-electron chi connectivity index (χ2n) is 5.03. The van der Waals surface area contributed by atoms with E-state index in [0.717, 1.165) is 6.92 Å². The molecule has 1 atom stereocenters. The molecular formula is C16H13F5O. The summed E-state index contributed by atoms with van der Waals surface area (Å²) in [5.41, 5.74) is -3.00. The van der Waals surface area contributed by atoms with Crippen LogP contribution in [0.25, 0.3) is 0 Å². The van der Waals surface area contributed by atoms with Crippen LogP contribution in [0.2, 0.25) is 0 Å². The van der Waals surface area contributed by atoms with Gasteiger partial charge in [-0.2, -0.15) is 0 Å². The fraction of sp³-hybridized carbons (Fsp3) is 0.250. The molecule has 0 radical (unpaired) electrons. The Balaban J connectivity index is 2.80. The molecule has 0 spiro atoms. The Morgan fingerprint density at radius 1 is 0.864 bits per heavy atom. The van der Waals surface area contributed by atoms with Gasteiger partial charge in [-0.3, -0.25) is 0 Å². The van der Waals surface area contributed by atoms with Crippen LogP contribution in [0.15, 0.2) is 24.3 Å². The third kappa shape index (κ3) is 2.37. The van der Waals surface area contributed by atoms with Gasteiger partial charge in [-0.05, 0) is 24.5 Å². The maximum absolute atomic E-state index is 13.9. The molecule has 2 rings (SSSR count). The van der Waals surface area contributed by atoms with Crippen molar-refractivity contribution < 1.29 is 27.1 Å². The SMILES string of the molecule is CCc1ccccc1C(C)(O)c1c(F)c(F)c(F)c(F)c1F. The number of aliphatic hydroxyl groups is 1. The van der Waals surface area contributed by atoms with Crippen LogP contribution < -0.4 is 0 Å². The average Bonchev–Trinajstić information content (AvgIpc) is 2.50. The summed E-state index contributed by atoms with van der Waals surface area (Å²) in [5, 5.41) is 10.5. The zero-order valence-corrected chi connectivity index (χ0v) is 11.9. The molecule has 0 bridgehead atoms. The highest BCUT2D eigenvalue weighted by atomic mass is 19.2.